The molecule has 0 unspecified atom stereocenters. The Hall–Kier alpha value is -2.13. The van der Waals surface area contributed by atoms with Gasteiger partial charge in [0.2, 0.25) is 10.0 Å². The van der Waals surface area contributed by atoms with E-state index in [0.29, 0.717) is 5.02 Å². The van der Waals surface area contributed by atoms with Crippen LogP contribution in [0, 0.1) is 0 Å². The lowest BCUT2D eigenvalue weighted by Crippen LogP contribution is -2.32. The molecule has 164 valence electrons. The predicted molar refractivity (Wildman–Crippen MR) is 118 cm³/mol. The largest absolute Gasteiger partial charge is 0.468 e. The number of nitrogens with one attached hydrogen (secondary N) is 1. The summed E-state index contributed by atoms with van der Waals surface area (Å²) in [6.45, 7) is -0.363. The summed E-state index contributed by atoms with van der Waals surface area (Å²) in [6.07, 6.45) is 5.29. The van der Waals surface area contributed by atoms with Crippen molar-refractivity contribution < 1.29 is 21.3 Å². The third kappa shape index (κ3) is 4.72. The summed E-state index contributed by atoms with van der Waals surface area (Å²) >= 11 is 5.88. The number of hydrogen-bond donors (Lipinski definition) is 1. The van der Waals surface area contributed by atoms with Crippen LogP contribution in [0.3, 0.4) is 0 Å². The Morgan fingerprint density at radius 3 is 2.26 bits per heavy atom. The molecule has 6 nitrogen and oxygen atoms in total. The van der Waals surface area contributed by atoms with E-state index in [-0.39, 0.29) is 22.1 Å². The first-order chi connectivity index (χ1) is 14.8. The molecule has 1 aromatic heterocycles. The molecule has 1 atom stereocenters. The van der Waals surface area contributed by atoms with Crippen molar-refractivity contribution in [2.75, 3.05) is 6.54 Å². The molecule has 0 spiro atoms. The summed E-state index contributed by atoms with van der Waals surface area (Å²) in [5.41, 5.74) is 2.20. The molecule has 0 radical (unpaired) electrons. The average Bonchev–Trinajstić information content (AvgIpc) is 3.28. The highest BCUT2D eigenvalue weighted by atomic mass is 35.5. The molecule has 1 N–H and O–H groups in total. The van der Waals surface area contributed by atoms with Gasteiger partial charge in [0.15, 0.2) is 9.84 Å². The number of aryl methyl sites for hydroxylation is 2. The van der Waals surface area contributed by atoms with Crippen molar-refractivity contribution in [3.8, 4) is 0 Å². The van der Waals surface area contributed by atoms with Crippen molar-refractivity contribution in [1.82, 2.24) is 4.72 Å². The van der Waals surface area contributed by atoms with E-state index in [1.54, 1.807) is 18.2 Å². The van der Waals surface area contributed by atoms with Gasteiger partial charge in [-0.1, -0.05) is 17.7 Å². The number of furan rings is 1. The van der Waals surface area contributed by atoms with Crippen LogP contribution < -0.4 is 4.72 Å². The Morgan fingerprint density at radius 1 is 0.903 bits per heavy atom. The minimum atomic E-state index is -3.94. The molecule has 0 saturated heterocycles. The van der Waals surface area contributed by atoms with Crippen LogP contribution in [-0.4, -0.2) is 23.4 Å². The molecule has 3 aromatic rings. The molecule has 0 bridgehead atoms. The van der Waals surface area contributed by atoms with Gasteiger partial charge in [0.1, 0.15) is 11.0 Å². The fourth-order valence-corrected chi connectivity index (χ4v) is 6.69. The van der Waals surface area contributed by atoms with Gasteiger partial charge in [-0.05, 0) is 85.3 Å². The Bertz CT molecular complexity index is 1270. The second-order valence-electron chi connectivity index (χ2n) is 7.49. The van der Waals surface area contributed by atoms with Crippen LogP contribution in [0.2, 0.25) is 5.02 Å². The molecule has 9 heteroatoms. The topological polar surface area (TPSA) is 93.4 Å². The fraction of sp³-hybridized carbons (Fsp3) is 0.273. The third-order valence-electron chi connectivity index (χ3n) is 5.47. The van der Waals surface area contributed by atoms with Crippen LogP contribution in [-0.2, 0) is 32.7 Å². The molecular formula is C22H22ClNO5S2. The van der Waals surface area contributed by atoms with Crippen LogP contribution in [0.4, 0.5) is 0 Å². The maximum Gasteiger partial charge on any atom is 0.240 e. The maximum atomic E-state index is 13.2. The van der Waals surface area contributed by atoms with E-state index in [0.717, 1.165) is 31.2 Å². The molecule has 1 heterocycles. The minimum absolute atomic E-state index is 0.0336. The van der Waals surface area contributed by atoms with Crippen molar-refractivity contribution in [3.63, 3.8) is 0 Å². The van der Waals surface area contributed by atoms with Crippen molar-refractivity contribution in [3.05, 3.63) is 82.8 Å². The molecular weight excluding hydrogens is 458 g/mol. The van der Waals surface area contributed by atoms with Crippen molar-refractivity contribution >= 4 is 31.5 Å². The number of hydrogen-bond acceptors (Lipinski definition) is 5. The second-order valence-corrected chi connectivity index (χ2v) is 11.8. The zero-order chi connectivity index (χ0) is 22.1. The van der Waals surface area contributed by atoms with E-state index in [9.17, 15) is 16.8 Å². The molecule has 0 fully saturated rings. The molecule has 0 saturated carbocycles. The van der Waals surface area contributed by atoms with Crippen LogP contribution in [0.15, 0.2) is 75.1 Å². The molecule has 4 rings (SSSR count). The fourth-order valence-electron chi connectivity index (χ4n) is 3.77. The first-order valence-corrected chi connectivity index (χ1v) is 13.3. The summed E-state index contributed by atoms with van der Waals surface area (Å²) in [5.74, 6) is 0.156. The highest BCUT2D eigenvalue weighted by Gasteiger charge is 2.33. The predicted octanol–water partition coefficient (Wildman–Crippen LogP) is 4.31. The lowest BCUT2D eigenvalue weighted by molar-refractivity contribution is 0.486. The highest BCUT2D eigenvalue weighted by Crippen LogP contribution is 2.30. The Kier molecular flexibility index (Phi) is 6.25. The molecule has 0 aliphatic heterocycles. The highest BCUT2D eigenvalue weighted by molar-refractivity contribution is 7.92. The van der Waals surface area contributed by atoms with Crippen molar-refractivity contribution in [2.24, 2.45) is 0 Å². The van der Waals surface area contributed by atoms with Crippen LogP contribution >= 0.6 is 11.6 Å². The van der Waals surface area contributed by atoms with E-state index in [1.165, 1.54) is 42.2 Å². The first kappa shape index (κ1) is 22.1. The Labute approximate surface area is 187 Å². The number of sulfonamides is 1. The average molecular weight is 480 g/mol. The number of sulfone groups is 1. The zero-order valence-corrected chi connectivity index (χ0v) is 19.0. The minimum Gasteiger partial charge on any atom is -0.468 e. The third-order valence-corrected chi connectivity index (χ3v) is 9.22. The molecule has 1 aliphatic carbocycles. The number of benzene rings is 2. The maximum absolute atomic E-state index is 13.2. The van der Waals surface area contributed by atoms with Gasteiger partial charge in [-0.25, -0.2) is 21.6 Å². The Morgan fingerprint density at radius 2 is 1.58 bits per heavy atom. The van der Waals surface area contributed by atoms with Gasteiger partial charge in [-0.15, -0.1) is 0 Å². The first-order valence-electron chi connectivity index (χ1n) is 9.92. The normalized spacial score (nSPS) is 15.4. The van der Waals surface area contributed by atoms with Gasteiger partial charge in [-0.2, -0.15) is 0 Å². The van der Waals surface area contributed by atoms with Crippen LogP contribution in [0.5, 0.6) is 0 Å². The number of rotatable bonds is 7. The molecule has 0 amide bonds. The Balaban J connectivity index is 1.62. The summed E-state index contributed by atoms with van der Waals surface area (Å²) in [4.78, 5) is 0.168. The molecule has 2 aromatic carbocycles. The quantitative estimate of drug-likeness (QED) is 0.545. The lowest BCUT2D eigenvalue weighted by Gasteiger charge is -2.19. The summed E-state index contributed by atoms with van der Waals surface area (Å²) < 4.78 is 60.2. The van der Waals surface area contributed by atoms with Crippen LogP contribution in [0.25, 0.3) is 0 Å². The lowest BCUT2D eigenvalue weighted by atomic mass is 9.92. The summed E-state index contributed by atoms with van der Waals surface area (Å²) in [5, 5.41) is -0.822. The van der Waals surface area contributed by atoms with Crippen molar-refractivity contribution in [1.29, 1.82) is 0 Å². The van der Waals surface area contributed by atoms with E-state index in [2.05, 4.69) is 4.72 Å². The monoisotopic (exact) mass is 479 g/mol. The SMILES string of the molecule is O=S(=O)(NC[C@H](c1ccco1)S(=O)(=O)c1ccc(Cl)cc1)c1ccc2c(c1)CCCC2. The van der Waals surface area contributed by atoms with Crippen molar-refractivity contribution in [2.45, 2.75) is 40.7 Å². The number of halogens is 1. The van der Waals surface area contributed by atoms with E-state index < -0.39 is 25.1 Å². The van der Waals surface area contributed by atoms with E-state index in [4.69, 9.17) is 16.0 Å². The van der Waals surface area contributed by atoms with E-state index in [1.807, 2.05) is 6.07 Å². The second kappa shape index (κ2) is 8.78. The molecule has 31 heavy (non-hydrogen) atoms. The zero-order valence-electron chi connectivity index (χ0n) is 16.6. The van der Waals surface area contributed by atoms with Crippen LogP contribution in [0.1, 0.15) is 35.0 Å². The van der Waals surface area contributed by atoms with Gasteiger partial charge in [0.05, 0.1) is 16.1 Å². The van der Waals surface area contributed by atoms with Gasteiger partial charge in [-0.3, -0.25) is 0 Å². The van der Waals surface area contributed by atoms with Gasteiger partial charge >= 0.3 is 0 Å². The van der Waals surface area contributed by atoms with Gasteiger partial charge < -0.3 is 4.42 Å². The number of fused-ring (bicyclic) bond motifs is 1. The summed E-state index contributed by atoms with van der Waals surface area (Å²) in [7, 11) is -7.85. The van der Waals surface area contributed by atoms with E-state index >= 15 is 0 Å². The standard InChI is InChI=1S/C22H22ClNO5S2/c23-18-8-11-19(12-9-18)30(25,26)22(21-6-3-13-29-21)15-24-31(27,28)20-10-7-16-4-1-2-5-17(16)14-20/h3,6-14,22,24H,1-2,4-5,15H2/t22-/m1/s1. The smallest absolute Gasteiger partial charge is 0.240 e. The molecule has 1 aliphatic rings. The summed E-state index contributed by atoms with van der Waals surface area (Å²) in [6, 6.07) is 13.9. The van der Waals surface area contributed by atoms with Gasteiger partial charge in [0.25, 0.3) is 0 Å². The van der Waals surface area contributed by atoms with Gasteiger partial charge in [0, 0.05) is 11.6 Å².